The number of nitro groups is 1. The summed E-state index contributed by atoms with van der Waals surface area (Å²) in [7, 11) is 0. The van der Waals surface area contributed by atoms with Gasteiger partial charge in [0.05, 0.1) is 11.5 Å². The van der Waals surface area contributed by atoms with Gasteiger partial charge < -0.3 is 10.5 Å². The molecule has 2 unspecified atom stereocenters. The zero-order valence-corrected chi connectivity index (χ0v) is 12.0. The number of rotatable bonds is 5. The molecule has 1 fully saturated rings. The van der Waals surface area contributed by atoms with Crippen LogP contribution in [0.4, 0.5) is 5.69 Å². The Kier molecular flexibility index (Phi) is 5.20. The van der Waals surface area contributed by atoms with Gasteiger partial charge in [-0.3, -0.25) is 10.1 Å². The predicted octanol–water partition coefficient (Wildman–Crippen LogP) is 3.39. The summed E-state index contributed by atoms with van der Waals surface area (Å²) in [6, 6.07) is 4.74. The molecule has 2 atom stereocenters. The molecule has 0 heterocycles. The highest BCUT2D eigenvalue weighted by Gasteiger charge is 2.26. The largest absolute Gasteiger partial charge is 0.486 e. The fourth-order valence-corrected chi connectivity index (χ4v) is 3.04. The minimum absolute atomic E-state index is 0.103. The topological polar surface area (TPSA) is 78.4 Å². The molecule has 0 aromatic heterocycles. The second-order valence-corrected chi connectivity index (χ2v) is 5.60. The summed E-state index contributed by atoms with van der Waals surface area (Å²) in [6.45, 7) is 1.11. The van der Waals surface area contributed by atoms with Crippen LogP contribution in [-0.2, 0) is 0 Å². The Morgan fingerprint density at radius 3 is 2.70 bits per heavy atom. The number of ether oxygens (including phenoxy) is 1. The molecule has 1 saturated carbocycles. The minimum Gasteiger partial charge on any atom is -0.486 e. The molecule has 0 bridgehead atoms. The smallest absolute Gasteiger partial charge is 0.329 e. The molecule has 1 aromatic carbocycles. The Labute approximate surface area is 123 Å². The van der Waals surface area contributed by atoms with Crippen molar-refractivity contribution < 1.29 is 9.66 Å². The zero-order chi connectivity index (χ0) is 14.5. The third-order valence-corrected chi connectivity index (χ3v) is 4.26. The Balaban J connectivity index is 2.07. The van der Waals surface area contributed by atoms with Crippen molar-refractivity contribution in [2.24, 2.45) is 17.6 Å². The molecule has 1 aliphatic rings. The Morgan fingerprint density at radius 2 is 2.05 bits per heavy atom. The van der Waals surface area contributed by atoms with Crippen LogP contribution in [0.1, 0.15) is 25.7 Å². The van der Waals surface area contributed by atoms with Gasteiger partial charge in [0.1, 0.15) is 5.02 Å². The first-order chi connectivity index (χ1) is 9.63. The van der Waals surface area contributed by atoms with Crippen molar-refractivity contribution >= 4 is 17.3 Å². The molecule has 0 aliphatic heterocycles. The lowest BCUT2D eigenvalue weighted by Crippen LogP contribution is -2.30. The van der Waals surface area contributed by atoms with Gasteiger partial charge in [0.25, 0.3) is 0 Å². The summed E-state index contributed by atoms with van der Waals surface area (Å²) in [5.74, 6) is 1.05. The summed E-state index contributed by atoms with van der Waals surface area (Å²) in [5, 5.41) is 11.1. The number of para-hydroxylation sites is 1. The first-order valence-corrected chi connectivity index (χ1v) is 7.27. The first-order valence-electron chi connectivity index (χ1n) is 6.89. The van der Waals surface area contributed by atoms with Crippen LogP contribution in [0.2, 0.25) is 5.02 Å². The van der Waals surface area contributed by atoms with Crippen LogP contribution in [0.5, 0.6) is 5.75 Å². The maximum atomic E-state index is 11.0. The number of hydrogen-bond donors (Lipinski definition) is 1. The monoisotopic (exact) mass is 298 g/mol. The highest BCUT2D eigenvalue weighted by Crippen LogP contribution is 2.36. The average molecular weight is 299 g/mol. The number of halogens is 1. The van der Waals surface area contributed by atoms with Crippen molar-refractivity contribution in [1.82, 2.24) is 0 Å². The van der Waals surface area contributed by atoms with Crippen LogP contribution < -0.4 is 10.5 Å². The van der Waals surface area contributed by atoms with Gasteiger partial charge in [0.15, 0.2) is 5.75 Å². The fraction of sp³-hybridized carbons (Fsp3) is 0.571. The van der Waals surface area contributed by atoms with E-state index in [0.29, 0.717) is 25.0 Å². The molecule has 0 saturated heterocycles. The maximum Gasteiger partial charge on any atom is 0.329 e. The van der Waals surface area contributed by atoms with E-state index in [2.05, 4.69) is 0 Å². The lowest BCUT2D eigenvalue weighted by atomic mass is 9.80. The predicted molar refractivity (Wildman–Crippen MR) is 78.1 cm³/mol. The van der Waals surface area contributed by atoms with Crippen LogP contribution in [0.3, 0.4) is 0 Å². The van der Waals surface area contributed by atoms with E-state index >= 15 is 0 Å². The maximum absolute atomic E-state index is 11.0. The van der Waals surface area contributed by atoms with Gasteiger partial charge in [-0.05, 0) is 43.4 Å². The molecule has 1 aliphatic carbocycles. The van der Waals surface area contributed by atoms with Gasteiger partial charge >= 0.3 is 5.69 Å². The van der Waals surface area contributed by atoms with Gasteiger partial charge in [0.2, 0.25) is 0 Å². The van der Waals surface area contributed by atoms with Crippen molar-refractivity contribution in [3.8, 4) is 5.75 Å². The van der Waals surface area contributed by atoms with Gasteiger partial charge in [-0.2, -0.15) is 0 Å². The number of benzene rings is 1. The van der Waals surface area contributed by atoms with Gasteiger partial charge in [-0.15, -0.1) is 0 Å². The van der Waals surface area contributed by atoms with E-state index in [1.807, 2.05) is 0 Å². The first kappa shape index (κ1) is 15.1. The second kappa shape index (κ2) is 6.90. The van der Waals surface area contributed by atoms with E-state index in [1.165, 1.54) is 18.9 Å². The number of nitrogens with two attached hydrogens (primary N) is 1. The average Bonchev–Trinajstić information content (AvgIpc) is 2.45. The van der Waals surface area contributed by atoms with Crippen molar-refractivity contribution in [1.29, 1.82) is 0 Å². The molecule has 2 rings (SSSR count). The van der Waals surface area contributed by atoms with E-state index in [1.54, 1.807) is 12.1 Å². The van der Waals surface area contributed by atoms with Crippen LogP contribution in [0.15, 0.2) is 18.2 Å². The quantitative estimate of drug-likeness (QED) is 0.667. The summed E-state index contributed by atoms with van der Waals surface area (Å²) >= 11 is 5.86. The van der Waals surface area contributed by atoms with E-state index in [9.17, 15) is 10.1 Å². The second-order valence-electron chi connectivity index (χ2n) is 5.20. The van der Waals surface area contributed by atoms with Crippen molar-refractivity contribution in [2.45, 2.75) is 25.7 Å². The van der Waals surface area contributed by atoms with E-state index in [4.69, 9.17) is 22.1 Å². The molecular weight excluding hydrogens is 280 g/mol. The van der Waals surface area contributed by atoms with Crippen molar-refractivity contribution in [3.05, 3.63) is 33.3 Å². The minimum atomic E-state index is -0.501. The Morgan fingerprint density at radius 1 is 1.35 bits per heavy atom. The number of hydrogen-bond acceptors (Lipinski definition) is 4. The summed E-state index contributed by atoms with van der Waals surface area (Å²) in [6.07, 6.45) is 4.55. The lowest BCUT2D eigenvalue weighted by Gasteiger charge is -2.30. The number of nitro benzene ring substituents is 1. The molecule has 0 spiro atoms. The SMILES string of the molecule is NCC1CCCCC1COc1cccc(Cl)c1[N+](=O)[O-]. The van der Waals surface area contributed by atoms with Crippen LogP contribution in [0.25, 0.3) is 0 Å². The fourth-order valence-electron chi connectivity index (χ4n) is 2.80. The summed E-state index contributed by atoms with van der Waals surface area (Å²) in [5.41, 5.74) is 5.62. The van der Waals surface area contributed by atoms with E-state index in [-0.39, 0.29) is 16.5 Å². The summed E-state index contributed by atoms with van der Waals surface area (Å²) in [4.78, 5) is 10.5. The van der Waals surface area contributed by atoms with Gasteiger partial charge in [0, 0.05) is 0 Å². The Hall–Kier alpha value is -1.33. The van der Waals surface area contributed by atoms with Gasteiger partial charge in [-0.1, -0.05) is 30.5 Å². The molecule has 110 valence electrons. The number of nitrogens with zero attached hydrogens (tertiary/aromatic N) is 1. The van der Waals surface area contributed by atoms with E-state index in [0.717, 1.165) is 12.8 Å². The van der Waals surface area contributed by atoms with Crippen LogP contribution in [-0.4, -0.2) is 18.1 Å². The highest BCUT2D eigenvalue weighted by atomic mass is 35.5. The molecular formula is C14H19ClN2O3. The molecule has 1 aromatic rings. The van der Waals surface area contributed by atoms with Crippen molar-refractivity contribution in [3.63, 3.8) is 0 Å². The standard InChI is InChI=1S/C14H19ClN2O3/c15-12-6-3-7-13(14(12)17(18)19)20-9-11-5-2-1-4-10(11)8-16/h3,6-7,10-11H,1-2,4-5,8-9,16H2. The molecule has 0 radical (unpaired) electrons. The third kappa shape index (κ3) is 3.41. The van der Waals surface area contributed by atoms with Crippen LogP contribution in [0, 0.1) is 22.0 Å². The lowest BCUT2D eigenvalue weighted by molar-refractivity contribution is -0.385. The molecule has 20 heavy (non-hydrogen) atoms. The molecule has 0 amide bonds. The van der Waals surface area contributed by atoms with E-state index < -0.39 is 4.92 Å². The molecule has 2 N–H and O–H groups in total. The summed E-state index contributed by atoms with van der Waals surface area (Å²) < 4.78 is 5.67. The Bertz CT molecular complexity index is 481. The highest BCUT2D eigenvalue weighted by molar-refractivity contribution is 6.32. The molecule has 5 nitrogen and oxygen atoms in total. The normalized spacial score (nSPS) is 22.5. The van der Waals surface area contributed by atoms with Crippen molar-refractivity contribution in [2.75, 3.05) is 13.2 Å². The molecule has 6 heteroatoms. The zero-order valence-electron chi connectivity index (χ0n) is 11.3. The van der Waals surface area contributed by atoms with Crippen LogP contribution >= 0.6 is 11.6 Å². The van der Waals surface area contributed by atoms with Gasteiger partial charge in [-0.25, -0.2) is 0 Å². The third-order valence-electron chi connectivity index (χ3n) is 3.95.